The summed E-state index contributed by atoms with van der Waals surface area (Å²) in [6, 6.07) is 2.13. The molecular formula is C12H16O2S. The molecule has 1 aromatic heterocycles. The van der Waals surface area contributed by atoms with Crippen LogP contribution >= 0.6 is 11.3 Å². The Morgan fingerprint density at radius 2 is 2.40 bits per heavy atom. The van der Waals surface area contributed by atoms with Crippen LogP contribution in [0.25, 0.3) is 6.08 Å². The number of carboxylic acids is 1. The van der Waals surface area contributed by atoms with Crippen molar-refractivity contribution in [2.75, 3.05) is 0 Å². The van der Waals surface area contributed by atoms with Crippen molar-refractivity contribution >= 4 is 23.4 Å². The minimum atomic E-state index is -0.780. The van der Waals surface area contributed by atoms with Gasteiger partial charge in [-0.1, -0.05) is 19.4 Å². The second kappa shape index (κ2) is 6.40. The van der Waals surface area contributed by atoms with E-state index in [0.29, 0.717) is 0 Å². The highest BCUT2D eigenvalue weighted by molar-refractivity contribution is 7.11. The largest absolute Gasteiger partial charge is 0.481 e. The van der Waals surface area contributed by atoms with Crippen molar-refractivity contribution in [3.8, 4) is 0 Å². The molecule has 0 saturated heterocycles. The fourth-order valence-electron chi connectivity index (χ4n) is 1.33. The fourth-order valence-corrected chi connectivity index (χ4v) is 2.21. The standard InChI is InChI=1S/C12H16O2S/c1-2-3-5-10-8-9-15-11(10)6-4-7-12(13)14/h4,6,8-9H,2-3,5,7H2,1H3,(H,13,14). The summed E-state index contributed by atoms with van der Waals surface area (Å²) < 4.78 is 0. The first-order valence-corrected chi connectivity index (χ1v) is 6.06. The van der Waals surface area contributed by atoms with Crippen LogP contribution in [0.15, 0.2) is 17.5 Å². The number of carbonyl (C=O) groups is 1. The van der Waals surface area contributed by atoms with E-state index in [1.807, 2.05) is 6.08 Å². The maximum Gasteiger partial charge on any atom is 0.307 e. The van der Waals surface area contributed by atoms with Crippen molar-refractivity contribution in [1.29, 1.82) is 0 Å². The van der Waals surface area contributed by atoms with Gasteiger partial charge in [0.25, 0.3) is 0 Å². The summed E-state index contributed by atoms with van der Waals surface area (Å²) in [5.74, 6) is -0.780. The van der Waals surface area contributed by atoms with E-state index in [2.05, 4.69) is 18.4 Å². The fraction of sp³-hybridized carbons (Fsp3) is 0.417. The molecular weight excluding hydrogens is 208 g/mol. The summed E-state index contributed by atoms with van der Waals surface area (Å²) in [6.45, 7) is 2.17. The molecule has 0 aliphatic heterocycles. The summed E-state index contributed by atoms with van der Waals surface area (Å²) in [7, 11) is 0. The van der Waals surface area contributed by atoms with Gasteiger partial charge in [-0.15, -0.1) is 11.3 Å². The third-order valence-electron chi connectivity index (χ3n) is 2.14. The molecule has 0 radical (unpaired) electrons. The van der Waals surface area contributed by atoms with Gasteiger partial charge in [0.05, 0.1) is 6.42 Å². The van der Waals surface area contributed by atoms with E-state index in [0.717, 1.165) is 6.42 Å². The molecule has 0 amide bonds. The number of hydrogen-bond donors (Lipinski definition) is 1. The van der Waals surface area contributed by atoms with Crippen molar-refractivity contribution < 1.29 is 9.90 Å². The summed E-state index contributed by atoms with van der Waals surface area (Å²) in [5.41, 5.74) is 1.34. The molecule has 1 N–H and O–H groups in total. The lowest BCUT2D eigenvalue weighted by molar-refractivity contribution is -0.135. The SMILES string of the molecule is CCCCc1ccsc1C=CCC(=O)O. The number of unbranched alkanes of at least 4 members (excludes halogenated alkanes) is 1. The summed E-state index contributed by atoms with van der Waals surface area (Å²) >= 11 is 1.67. The zero-order valence-corrected chi connectivity index (χ0v) is 9.72. The van der Waals surface area contributed by atoms with Crippen LogP contribution in [0.1, 0.15) is 36.6 Å². The maximum absolute atomic E-state index is 10.3. The Hall–Kier alpha value is -1.09. The highest BCUT2D eigenvalue weighted by atomic mass is 32.1. The zero-order chi connectivity index (χ0) is 11.1. The van der Waals surface area contributed by atoms with Crippen molar-refractivity contribution in [3.05, 3.63) is 28.0 Å². The van der Waals surface area contributed by atoms with Crippen LogP contribution in [0.2, 0.25) is 0 Å². The van der Waals surface area contributed by atoms with Gasteiger partial charge in [-0.05, 0) is 35.9 Å². The lowest BCUT2D eigenvalue weighted by Gasteiger charge is -1.97. The van der Waals surface area contributed by atoms with E-state index < -0.39 is 5.97 Å². The molecule has 1 heterocycles. The Balaban J connectivity index is 2.56. The van der Waals surface area contributed by atoms with Gasteiger partial charge < -0.3 is 5.11 Å². The monoisotopic (exact) mass is 224 g/mol. The zero-order valence-electron chi connectivity index (χ0n) is 8.90. The predicted octanol–water partition coefficient (Wildman–Crippen LogP) is 3.58. The third-order valence-corrected chi connectivity index (χ3v) is 3.07. The quantitative estimate of drug-likeness (QED) is 0.802. The predicted molar refractivity (Wildman–Crippen MR) is 64.2 cm³/mol. The molecule has 82 valence electrons. The first-order valence-electron chi connectivity index (χ1n) is 5.18. The molecule has 15 heavy (non-hydrogen) atoms. The second-order valence-electron chi connectivity index (χ2n) is 3.41. The Morgan fingerprint density at radius 3 is 3.07 bits per heavy atom. The van der Waals surface area contributed by atoms with Crippen molar-refractivity contribution in [1.82, 2.24) is 0 Å². The smallest absolute Gasteiger partial charge is 0.307 e. The average molecular weight is 224 g/mol. The van der Waals surface area contributed by atoms with Gasteiger partial charge in [0.2, 0.25) is 0 Å². The first-order chi connectivity index (χ1) is 7.24. The molecule has 0 aliphatic rings. The second-order valence-corrected chi connectivity index (χ2v) is 4.36. The molecule has 1 rings (SSSR count). The lowest BCUT2D eigenvalue weighted by atomic mass is 10.1. The van der Waals surface area contributed by atoms with Gasteiger partial charge in [0, 0.05) is 4.88 Å². The third kappa shape index (κ3) is 4.30. The molecule has 0 spiro atoms. The normalized spacial score (nSPS) is 11.0. The minimum Gasteiger partial charge on any atom is -0.481 e. The van der Waals surface area contributed by atoms with Crippen LogP contribution < -0.4 is 0 Å². The van der Waals surface area contributed by atoms with E-state index in [4.69, 9.17) is 5.11 Å². The number of aryl methyl sites for hydroxylation is 1. The van der Waals surface area contributed by atoms with E-state index in [1.165, 1.54) is 23.3 Å². The molecule has 0 bridgehead atoms. The Kier molecular flexibility index (Phi) is 5.12. The molecule has 0 atom stereocenters. The molecule has 0 unspecified atom stereocenters. The highest BCUT2D eigenvalue weighted by Crippen LogP contribution is 2.20. The van der Waals surface area contributed by atoms with Gasteiger partial charge >= 0.3 is 5.97 Å². The molecule has 0 aromatic carbocycles. The first kappa shape index (κ1) is 12.0. The van der Waals surface area contributed by atoms with Gasteiger partial charge in [-0.25, -0.2) is 0 Å². The Bertz CT molecular complexity index is 339. The van der Waals surface area contributed by atoms with Gasteiger partial charge in [0.15, 0.2) is 0 Å². The van der Waals surface area contributed by atoms with E-state index in [-0.39, 0.29) is 6.42 Å². The van der Waals surface area contributed by atoms with Crippen molar-refractivity contribution in [2.45, 2.75) is 32.6 Å². The average Bonchev–Trinajstić information content (AvgIpc) is 2.62. The molecule has 2 nitrogen and oxygen atoms in total. The van der Waals surface area contributed by atoms with E-state index in [9.17, 15) is 4.79 Å². The summed E-state index contributed by atoms with van der Waals surface area (Å²) in [5, 5.41) is 10.6. The van der Waals surface area contributed by atoms with Crippen LogP contribution in [0, 0.1) is 0 Å². The van der Waals surface area contributed by atoms with Crippen LogP contribution in [0.3, 0.4) is 0 Å². The van der Waals surface area contributed by atoms with E-state index in [1.54, 1.807) is 17.4 Å². The van der Waals surface area contributed by atoms with Gasteiger partial charge in [0.1, 0.15) is 0 Å². The van der Waals surface area contributed by atoms with Crippen LogP contribution in [0.4, 0.5) is 0 Å². The number of hydrogen-bond acceptors (Lipinski definition) is 2. The van der Waals surface area contributed by atoms with Crippen LogP contribution in [0.5, 0.6) is 0 Å². The Labute approximate surface area is 94.3 Å². The van der Waals surface area contributed by atoms with Crippen LogP contribution in [-0.4, -0.2) is 11.1 Å². The highest BCUT2D eigenvalue weighted by Gasteiger charge is 2.00. The van der Waals surface area contributed by atoms with E-state index >= 15 is 0 Å². The Morgan fingerprint density at radius 1 is 1.60 bits per heavy atom. The number of carboxylic acid groups (broad SMARTS) is 1. The topological polar surface area (TPSA) is 37.3 Å². The molecule has 0 saturated carbocycles. The molecule has 0 aliphatic carbocycles. The minimum absolute atomic E-state index is 0.102. The maximum atomic E-state index is 10.3. The number of thiophene rings is 1. The summed E-state index contributed by atoms with van der Waals surface area (Å²) in [4.78, 5) is 11.5. The molecule has 0 fully saturated rings. The number of aliphatic carboxylic acids is 1. The number of rotatable bonds is 6. The van der Waals surface area contributed by atoms with Gasteiger partial charge in [-0.3, -0.25) is 4.79 Å². The van der Waals surface area contributed by atoms with Crippen molar-refractivity contribution in [3.63, 3.8) is 0 Å². The summed E-state index contributed by atoms with van der Waals surface area (Å²) in [6.07, 6.45) is 7.20. The van der Waals surface area contributed by atoms with Crippen molar-refractivity contribution in [2.24, 2.45) is 0 Å². The molecule has 1 aromatic rings. The van der Waals surface area contributed by atoms with Gasteiger partial charge in [-0.2, -0.15) is 0 Å². The molecule has 3 heteroatoms. The lowest BCUT2D eigenvalue weighted by Crippen LogP contribution is -1.89. The van der Waals surface area contributed by atoms with Crippen LogP contribution in [-0.2, 0) is 11.2 Å².